The van der Waals surface area contributed by atoms with Gasteiger partial charge in [-0.05, 0) is 18.6 Å². The number of likely N-dealkylation sites (N-methyl/N-ethyl adjacent to an activating group) is 1. The predicted octanol–water partition coefficient (Wildman–Crippen LogP) is 1.47. The van der Waals surface area contributed by atoms with Gasteiger partial charge in [-0.25, -0.2) is 4.39 Å². The Balaban J connectivity index is 2.96. The summed E-state index contributed by atoms with van der Waals surface area (Å²) < 4.78 is 13.7. The first-order chi connectivity index (χ1) is 9.36. The average Bonchev–Trinajstić information content (AvgIpc) is 2.37. The van der Waals surface area contributed by atoms with Crippen molar-refractivity contribution in [3.05, 3.63) is 29.6 Å². The molecular weight excluding hydrogens is 263 g/mol. The summed E-state index contributed by atoms with van der Waals surface area (Å²) in [7, 11) is 3.19. The van der Waals surface area contributed by atoms with E-state index < -0.39 is 11.7 Å². The molecule has 0 aliphatic rings. The van der Waals surface area contributed by atoms with E-state index in [1.165, 1.54) is 21.9 Å². The third-order valence-corrected chi connectivity index (χ3v) is 2.79. The highest BCUT2D eigenvalue weighted by molar-refractivity contribution is 5.96. The van der Waals surface area contributed by atoms with Crippen LogP contribution in [0, 0.1) is 5.82 Å². The normalized spacial score (nSPS) is 10.2. The molecule has 1 rings (SSSR count). The molecule has 0 aromatic heterocycles. The van der Waals surface area contributed by atoms with Gasteiger partial charge in [-0.15, -0.1) is 0 Å². The van der Waals surface area contributed by atoms with Gasteiger partial charge in [0.25, 0.3) is 5.91 Å². The van der Waals surface area contributed by atoms with Crippen LogP contribution >= 0.6 is 0 Å². The summed E-state index contributed by atoms with van der Waals surface area (Å²) in [5.41, 5.74) is -0.150. The van der Waals surface area contributed by atoms with E-state index >= 15 is 0 Å². The van der Waals surface area contributed by atoms with Crippen LogP contribution in [0.5, 0.6) is 5.75 Å². The van der Waals surface area contributed by atoms with Crippen molar-refractivity contribution in [3.8, 4) is 5.75 Å². The monoisotopic (exact) mass is 282 g/mol. The van der Waals surface area contributed by atoms with Crippen LogP contribution in [0.25, 0.3) is 0 Å². The lowest BCUT2D eigenvalue weighted by atomic mass is 10.1. The van der Waals surface area contributed by atoms with Crippen molar-refractivity contribution >= 4 is 11.8 Å². The van der Waals surface area contributed by atoms with Gasteiger partial charge in [-0.3, -0.25) is 9.59 Å². The van der Waals surface area contributed by atoms with E-state index in [0.717, 1.165) is 6.07 Å². The van der Waals surface area contributed by atoms with E-state index in [2.05, 4.69) is 0 Å². The quantitative estimate of drug-likeness (QED) is 0.889. The number of halogens is 1. The molecule has 0 fully saturated rings. The minimum atomic E-state index is -0.798. The fourth-order valence-electron chi connectivity index (χ4n) is 1.67. The molecule has 0 saturated heterocycles. The maximum atomic E-state index is 13.7. The Kier molecular flexibility index (Phi) is 5.49. The van der Waals surface area contributed by atoms with Crippen LogP contribution in [0.1, 0.15) is 23.7 Å². The van der Waals surface area contributed by atoms with Gasteiger partial charge >= 0.3 is 0 Å². The highest BCUT2D eigenvalue weighted by atomic mass is 19.1. The molecule has 110 valence electrons. The summed E-state index contributed by atoms with van der Waals surface area (Å²) in [6.07, 6.45) is 0.659. The van der Waals surface area contributed by atoms with Crippen LogP contribution in [-0.4, -0.2) is 53.9 Å². The van der Waals surface area contributed by atoms with Gasteiger partial charge in [0.1, 0.15) is 18.1 Å². The first-order valence-corrected chi connectivity index (χ1v) is 6.34. The van der Waals surface area contributed by atoms with Crippen LogP contribution in [0.2, 0.25) is 0 Å². The minimum absolute atomic E-state index is 0.0972. The molecule has 0 saturated carbocycles. The smallest absolute Gasteiger partial charge is 0.257 e. The zero-order chi connectivity index (χ0) is 15.3. The van der Waals surface area contributed by atoms with Crippen molar-refractivity contribution in [2.24, 2.45) is 0 Å². The maximum Gasteiger partial charge on any atom is 0.257 e. The number of aromatic hydroxyl groups is 1. The van der Waals surface area contributed by atoms with Gasteiger partial charge < -0.3 is 14.9 Å². The second-order valence-electron chi connectivity index (χ2n) is 4.68. The predicted molar refractivity (Wildman–Crippen MR) is 73.0 cm³/mol. The fraction of sp³-hybridized carbons (Fsp3) is 0.429. The number of phenols is 1. The summed E-state index contributed by atoms with van der Waals surface area (Å²) in [5.74, 6) is -1.83. The topological polar surface area (TPSA) is 60.9 Å². The van der Waals surface area contributed by atoms with E-state index in [1.807, 2.05) is 6.92 Å². The average molecular weight is 282 g/mol. The molecule has 5 nitrogen and oxygen atoms in total. The molecule has 0 heterocycles. The Morgan fingerprint density at radius 2 is 1.95 bits per heavy atom. The summed E-state index contributed by atoms with van der Waals surface area (Å²) >= 11 is 0. The van der Waals surface area contributed by atoms with Gasteiger partial charge in [0.15, 0.2) is 0 Å². The van der Waals surface area contributed by atoms with Crippen LogP contribution in [0.3, 0.4) is 0 Å². The lowest BCUT2D eigenvalue weighted by Gasteiger charge is -2.23. The summed E-state index contributed by atoms with van der Waals surface area (Å²) in [4.78, 5) is 26.6. The standard InChI is InChI=1S/C14H19FN2O3/c1-4-7-17(9-13(19)16(2)3)14(20)11-6-5-10(18)8-12(11)15/h5-6,8,18H,4,7,9H2,1-3H3. The molecule has 2 amide bonds. The Hall–Kier alpha value is -2.11. The number of carbonyl (C=O) groups is 2. The Morgan fingerprint density at radius 3 is 2.45 bits per heavy atom. The van der Waals surface area contributed by atoms with Crippen molar-refractivity contribution in [1.82, 2.24) is 9.80 Å². The van der Waals surface area contributed by atoms with Crippen LogP contribution in [0.15, 0.2) is 18.2 Å². The van der Waals surface area contributed by atoms with Gasteiger partial charge in [0.2, 0.25) is 5.91 Å². The highest BCUT2D eigenvalue weighted by Gasteiger charge is 2.21. The minimum Gasteiger partial charge on any atom is -0.508 e. The number of rotatable bonds is 5. The SMILES string of the molecule is CCCN(CC(=O)N(C)C)C(=O)c1ccc(O)cc1F. The van der Waals surface area contributed by atoms with E-state index in [9.17, 15) is 14.0 Å². The first kappa shape index (κ1) is 15.9. The molecule has 0 unspecified atom stereocenters. The second kappa shape index (κ2) is 6.88. The molecule has 0 atom stereocenters. The molecule has 0 aliphatic heterocycles. The molecule has 6 heteroatoms. The third-order valence-electron chi connectivity index (χ3n) is 2.79. The molecule has 1 N–H and O–H groups in total. The molecule has 0 radical (unpaired) electrons. The number of benzene rings is 1. The number of nitrogens with zero attached hydrogens (tertiary/aromatic N) is 2. The highest BCUT2D eigenvalue weighted by Crippen LogP contribution is 2.17. The van der Waals surface area contributed by atoms with Crippen molar-refractivity contribution in [2.45, 2.75) is 13.3 Å². The van der Waals surface area contributed by atoms with Gasteiger partial charge in [0.05, 0.1) is 5.56 Å². The van der Waals surface area contributed by atoms with E-state index in [1.54, 1.807) is 14.1 Å². The van der Waals surface area contributed by atoms with Gasteiger partial charge in [-0.2, -0.15) is 0 Å². The lowest BCUT2D eigenvalue weighted by Crippen LogP contribution is -2.41. The zero-order valence-electron chi connectivity index (χ0n) is 11.9. The first-order valence-electron chi connectivity index (χ1n) is 6.34. The molecule has 1 aromatic rings. The molecule has 20 heavy (non-hydrogen) atoms. The molecule has 0 bridgehead atoms. The summed E-state index contributed by atoms with van der Waals surface area (Å²) in [6, 6.07) is 3.34. The van der Waals surface area contributed by atoms with Crippen molar-refractivity contribution < 1.29 is 19.1 Å². The molecule has 1 aromatic carbocycles. The van der Waals surface area contributed by atoms with Gasteiger partial charge in [-0.1, -0.05) is 6.92 Å². The van der Waals surface area contributed by atoms with E-state index in [0.29, 0.717) is 13.0 Å². The molecule has 0 spiro atoms. The number of carbonyl (C=O) groups excluding carboxylic acids is 2. The summed E-state index contributed by atoms with van der Waals surface area (Å²) in [6.45, 7) is 2.13. The third kappa shape index (κ3) is 3.94. The number of hydrogen-bond acceptors (Lipinski definition) is 3. The Bertz CT molecular complexity index is 503. The number of hydrogen-bond donors (Lipinski definition) is 1. The lowest BCUT2D eigenvalue weighted by molar-refractivity contribution is -0.129. The molecule has 0 aliphatic carbocycles. The van der Waals surface area contributed by atoms with Gasteiger partial charge in [0, 0.05) is 26.7 Å². The van der Waals surface area contributed by atoms with Crippen molar-refractivity contribution in [3.63, 3.8) is 0 Å². The zero-order valence-corrected chi connectivity index (χ0v) is 11.9. The number of amides is 2. The largest absolute Gasteiger partial charge is 0.508 e. The molecular formula is C14H19FN2O3. The second-order valence-corrected chi connectivity index (χ2v) is 4.68. The Morgan fingerprint density at radius 1 is 1.30 bits per heavy atom. The van der Waals surface area contributed by atoms with E-state index in [-0.39, 0.29) is 23.8 Å². The van der Waals surface area contributed by atoms with Crippen LogP contribution < -0.4 is 0 Å². The van der Waals surface area contributed by atoms with Crippen molar-refractivity contribution in [2.75, 3.05) is 27.2 Å². The fourth-order valence-corrected chi connectivity index (χ4v) is 1.67. The van der Waals surface area contributed by atoms with E-state index in [4.69, 9.17) is 5.11 Å². The van der Waals surface area contributed by atoms with Crippen molar-refractivity contribution in [1.29, 1.82) is 0 Å². The maximum absolute atomic E-state index is 13.7. The number of phenolic OH excluding ortho intramolecular Hbond substituents is 1. The summed E-state index contributed by atoms with van der Waals surface area (Å²) in [5, 5.41) is 9.15. The van der Waals surface area contributed by atoms with Crippen LogP contribution in [-0.2, 0) is 4.79 Å². The Labute approximate surface area is 117 Å². The van der Waals surface area contributed by atoms with Crippen LogP contribution in [0.4, 0.5) is 4.39 Å².